The minimum Gasteiger partial charge on any atom is -0.457 e. The second kappa shape index (κ2) is 13.0. The average Bonchev–Trinajstić information content (AvgIpc) is 2.91. The first-order valence-electron chi connectivity index (χ1n) is 12.6. The van der Waals surface area contributed by atoms with E-state index in [2.05, 4.69) is 24.5 Å². The van der Waals surface area contributed by atoms with E-state index in [4.69, 9.17) is 55.9 Å². The van der Waals surface area contributed by atoms with E-state index in [0.29, 0.717) is 49.3 Å². The van der Waals surface area contributed by atoms with Crippen molar-refractivity contribution >= 4 is 64.0 Å². The van der Waals surface area contributed by atoms with Crippen molar-refractivity contribution in [2.24, 2.45) is 0 Å². The van der Waals surface area contributed by atoms with Crippen molar-refractivity contribution < 1.29 is 19.1 Å². The summed E-state index contributed by atoms with van der Waals surface area (Å²) in [4.78, 5) is 24.7. The van der Waals surface area contributed by atoms with E-state index >= 15 is 0 Å². The largest absolute Gasteiger partial charge is 0.457 e. The topological polar surface area (TPSA) is 76.7 Å². The van der Waals surface area contributed by atoms with Gasteiger partial charge in [-0.1, -0.05) is 72.4 Å². The van der Waals surface area contributed by atoms with Crippen LogP contribution in [-0.2, 0) is 0 Å². The minimum absolute atomic E-state index is 0.0734. The number of benzene rings is 4. The SMILES string of the molecule is Cc1c(Cl)c(Oc2ccc(Cl)cc2Cl)c(C)c(C(C)C)c1Oc1ccc(NC(=O)NC(=O)c2ccccc2Cl)cc1. The monoisotopic (exact) mass is 630 g/mol. The van der Waals surface area contributed by atoms with Crippen molar-refractivity contribution in [2.45, 2.75) is 33.6 Å². The molecular formula is C31H26Cl4N2O4. The van der Waals surface area contributed by atoms with E-state index in [-0.39, 0.29) is 16.5 Å². The molecule has 0 aliphatic heterocycles. The van der Waals surface area contributed by atoms with Crippen LogP contribution < -0.4 is 20.1 Å². The number of hydrogen-bond donors (Lipinski definition) is 2. The molecule has 0 radical (unpaired) electrons. The Hall–Kier alpha value is -3.42. The fourth-order valence-electron chi connectivity index (χ4n) is 4.25. The van der Waals surface area contributed by atoms with Gasteiger partial charge >= 0.3 is 6.03 Å². The lowest BCUT2D eigenvalue weighted by Gasteiger charge is -2.23. The Balaban J connectivity index is 1.53. The number of carbonyl (C=O) groups excluding carboxylic acids is 2. The van der Waals surface area contributed by atoms with E-state index in [1.165, 1.54) is 6.07 Å². The highest BCUT2D eigenvalue weighted by molar-refractivity contribution is 6.36. The van der Waals surface area contributed by atoms with Crippen LogP contribution in [0, 0.1) is 13.8 Å². The molecule has 0 heterocycles. The number of hydrogen-bond acceptors (Lipinski definition) is 4. The van der Waals surface area contributed by atoms with Crippen molar-refractivity contribution in [2.75, 3.05) is 5.32 Å². The first-order chi connectivity index (χ1) is 19.5. The van der Waals surface area contributed by atoms with E-state index in [1.807, 2.05) is 13.8 Å². The molecule has 0 saturated heterocycles. The van der Waals surface area contributed by atoms with Gasteiger partial charge in [-0.3, -0.25) is 10.1 Å². The van der Waals surface area contributed by atoms with Crippen molar-refractivity contribution in [1.82, 2.24) is 5.32 Å². The molecule has 4 aromatic rings. The highest BCUT2D eigenvalue weighted by Crippen LogP contribution is 2.47. The zero-order valence-electron chi connectivity index (χ0n) is 22.6. The van der Waals surface area contributed by atoms with Crippen molar-refractivity contribution in [3.8, 4) is 23.0 Å². The molecule has 3 amide bonds. The summed E-state index contributed by atoms with van der Waals surface area (Å²) >= 11 is 25.2. The predicted molar refractivity (Wildman–Crippen MR) is 166 cm³/mol. The maximum absolute atomic E-state index is 12.4. The molecule has 0 spiro atoms. The molecular weight excluding hydrogens is 606 g/mol. The van der Waals surface area contributed by atoms with Gasteiger partial charge in [0.25, 0.3) is 5.91 Å². The zero-order chi connectivity index (χ0) is 29.8. The molecule has 10 heteroatoms. The molecule has 0 aliphatic rings. The molecule has 0 aliphatic carbocycles. The van der Waals surface area contributed by atoms with Gasteiger partial charge < -0.3 is 14.8 Å². The lowest BCUT2D eigenvalue weighted by atomic mass is 9.93. The summed E-state index contributed by atoms with van der Waals surface area (Å²) in [6, 6.07) is 17.5. The molecule has 0 atom stereocenters. The fraction of sp³-hybridized carbons (Fsp3) is 0.161. The van der Waals surface area contributed by atoms with Gasteiger partial charge in [0.1, 0.15) is 23.0 Å². The van der Waals surface area contributed by atoms with Crippen LogP contribution in [0.4, 0.5) is 10.5 Å². The van der Waals surface area contributed by atoms with Gasteiger partial charge in [0, 0.05) is 27.4 Å². The molecule has 4 aromatic carbocycles. The lowest BCUT2D eigenvalue weighted by Crippen LogP contribution is -2.34. The maximum Gasteiger partial charge on any atom is 0.326 e. The standard InChI is InChI=1S/C31H26Cl4N2O4/c1-16(2)26-17(3)29(41-25-14-9-19(32)15-24(25)34)27(35)18(4)28(26)40-21-12-10-20(11-13-21)36-31(39)37-30(38)22-7-5-6-8-23(22)33/h5-16H,1-4H3,(H2,36,37,38,39). The molecule has 0 unspecified atom stereocenters. The molecule has 2 N–H and O–H groups in total. The van der Waals surface area contributed by atoms with Gasteiger partial charge in [-0.25, -0.2) is 4.79 Å². The van der Waals surface area contributed by atoms with E-state index in [0.717, 1.165) is 11.1 Å². The van der Waals surface area contributed by atoms with Crippen molar-refractivity contribution in [1.29, 1.82) is 0 Å². The third kappa shape index (κ3) is 7.08. The number of ether oxygens (including phenoxy) is 2. The van der Waals surface area contributed by atoms with E-state index in [9.17, 15) is 9.59 Å². The number of rotatable bonds is 7. The molecule has 212 valence electrons. The number of nitrogens with one attached hydrogen (secondary N) is 2. The van der Waals surface area contributed by atoms with E-state index < -0.39 is 11.9 Å². The van der Waals surface area contributed by atoms with Crippen LogP contribution in [0.3, 0.4) is 0 Å². The van der Waals surface area contributed by atoms with Crippen LogP contribution >= 0.6 is 46.4 Å². The molecule has 4 rings (SSSR count). The van der Waals surface area contributed by atoms with Crippen LogP contribution in [0.1, 0.15) is 46.8 Å². The summed E-state index contributed by atoms with van der Waals surface area (Å²) in [5, 5.41) is 6.40. The fourth-order valence-corrected chi connectivity index (χ4v) is 5.18. The van der Waals surface area contributed by atoms with Crippen molar-refractivity contribution in [3.05, 3.63) is 109 Å². The summed E-state index contributed by atoms with van der Waals surface area (Å²) in [6.07, 6.45) is 0. The molecule has 0 bridgehead atoms. The van der Waals surface area contributed by atoms with E-state index in [1.54, 1.807) is 60.7 Å². The minimum atomic E-state index is -0.694. The Morgan fingerprint density at radius 3 is 2.10 bits per heavy atom. The number of anilines is 1. The molecule has 6 nitrogen and oxygen atoms in total. The van der Waals surface area contributed by atoms with Gasteiger partial charge in [-0.05, 0) is 74.4 Å². The number of amides is 3. The Kier molecular flexibility index (Phi) is 9.72. The Morgan fingerprint density at radius 1 is 0.780 bits per heavy atom. The highest BCUT2D eigenvalue weighted by atomic mass is 35.5. The first-order valence-corrected chi connectivity index (χ1v) is 14.1. The summed E-state index contributed by atoms with van der Waals surface area (Å²) < 4.78 is 12.5. The Labute approximate surface area is 258 Å². The van der Waals surface area contributed by atoms with Crippen LogP contribution in [0.25, 0.3) is 0 Å². The van der Waals surface area contributed by atoms with Gasteiger partial charge in [-0.2, -0.15) is 0 Å². The quantitative estimate of drug-likeness (QED) is 0.213. The van der Waals surface area contributed by atoms with Crippen LogP contribution in [-0.4, -0.2) is 11.9 Å². The molecule has 0 aromatic heterocycles. The smallest absolute Gasteiger partial charge is 0.326 e. The number of halogens is 4. The Bertz CT molecular complexity index is 1620. The second-order valence-electron chi connectivity index (χ2n) is 9.48. The number of imide groups is 1. The average molecular weight is 632 g/mol. The van der Waals surface area contributed by atoms with Gasteiger partial charge in [0.15, 0.2) is 0 Å². The van der Waals surface area contributed by atoms with Crippen LogP contribution in [0.5, 0.6) is 23.0 Å². The summed E-state index contributed by atoms with van der Waals surface area (Å²) in [5.41, 5.74) is 3.09. The number of urea groups is 1. The third-order valence-electron chi connectivity index (χ3n) is 6.22. The normalized spacial score (nSPS) is 10.9. The molecule has 41 heavy (non-hydrogen) atoms. The molecule has 0 saturated carbocycles. The Morgan fingerprint density at radius 2 is 1.46 bits per heavy atom. The lowest BCUT2D eigenvalue weighted by molar-refractivity contribution is 0.0967. The third-order valence-corrected chi connectivity index (χ3v) is 7.53. The second-order valence-corrected chi connectivity index (χ2v) is 11.1. The van der Waals surface area contributed by atoms with Crippen LogP contribution in [0.15, 0.2) is 66.7 Å². The van der Waals surface area contributed by atoms with Crippen LogP contribution in [0.2, 0.25) is 20.1 Å². The summed E-state index contributed by atoms with van der Waals surface area (Å²) in [7, 11) is 0. The zero-order valence-corrected chi connectivity index (χ0v) is 25.6. The van der Waals surface area contributed by atoms with Gasteiger partial charge in [-0.15, -0.1) is 0 Å². The van der Waals surface area contributed by atoms with Gasteiger partial charge in [0.2, 0.25) is 0 Å². The predicted octanol–water partition coefficient (Wildman–Crippen LogP) is 10.6. The summed E-state index contributed by atoms with van der Waals surface area (Å²) in [5.74, 6) is 1.52. The first kappa shape index (κ1) is 30.5. The number of carbonyl (C=O) groups is 2. The maximum atomic E-state index is 12.4. The molecule has 0 fully saturated rings. The van der Waals surface area contributed by atoms with Crippen molar-refractivity contribution in [3.63, 3.8) is 0 Å². The van der Waals surface area contributed by atoms with Gasteiger partial charge in [0.05, 0.1) is 20.6 Å². The highest BCUT2D eigenvalue weighted by Gasteiger charge is 2.24. The summed E-state index contributed by atoms with van der Waals surface area (Å²) in [6.45, 7) is 7.88.